The highest BCUT2D eigenvalue weighted by Gasteiger charge is 2.07. The molecule has 0 spiro atoms. The fraction of sp³-hybridized carbons (Fsp3) is 0.357. The van der Waals surface area contributed by atoms with Crippen molar-refractivity contribution >= 4 is 22.7 Å². The number of aryl methyl sites for hydroxylation is 1. The van der Waals surface area contributed by atoms with Gasteiger partial charge in [0.1, 0.15) is 6.61 Å². The second-order valence-corrected chi connectivity index (χ2v) is 6.37. The number of rotatable bonds is 4. The molecular formula is C14H16N2OS2. The third-order valence-corrected chi connectivity index (χ3v) is 4.54. The molecule has 0 radical (unpaired) electrons. The molecule has 2 aromatic heterocycles. The molecule has 0 unspecified atom stereocenters. The minimum atomic E-state index is -0.0855. The monoisotopic (exact) mass is 292 g/mol. The highest BCUT2D eigenvalue weighted by Crippen LogP contribution is 2.19. The molecule has 0 saturated carbocycles. The van der Waals surface area contributed by atoms with E-state index in [1.54, 1.807) is 22.7 Å². The first-order valence-corrected chi connectivity index (χ1v) is 7.64. The van der Waals surface area contributed by atoms with Crippen LogP contribution >= 0.6 is 22.7 Å². The molecule has 5 heteroatoms. The molecular weight excluding hydrogens is 276 g/mol. The molecule has 0 aliphatic carbocycles. The van der Waals surface area contributed by atoms with E-state index in [2.05, 4.69) is 34.8 Å². The van der Waals surface area contributed by atoms with Gasteiger partial charge in [0.2, 0.25) is 0 Å². The van der Waals surface area contributed by atoms with Gasteiger partial charge >= 0.3 is 0 Å². The van der Waals surface area contributed by atoms with Crippen LogP contribution in [0.5, 0.6) is 0 Å². The Bertz CT molecular complexity index is 592. The number of thiazole rings is 1. The van der Waals surface area contributed by atoms with Crippen molar-refractivity contribution in [2.24, 2.45) is 0 Å². The molecule has 19 heavy (non-hydrogen) atoms. The van der Waals surface area contributed by atoms with Gasteiger partial charge in [0.25, 0.3) is 0 Å². The van der Waals surface area contributed by atoms with Crippen molar-refractivity contribution in [2.75, 3.05) is 13.7 Å². The van der Waals surface area contributed by atoms with Crippen molar-refractivity contribution in [1.82, 2.24) is 9.88 Å². The highest BCUT2D eigenvalue weighted by molar-refractivity contribution is 7.12. The van der Waals surface area contributed by atoms with Crippen molar-refractivity contribution in [1.29, 1.82) is 0 Å². The van der Waals surface area contributed by atoms with Crippen LogP contribution in [0, 0.1) is 18.8 Å². The van der Waals surface area contributed by atoms with Gasteiger partial charge in [0.15, 0.2) is 0 Å². The largest absolute Gasteiger partial charge is 0.384 e. The van der Waals surface area contributed by atoms with Crippen LogP contribution in [0.4, 0.5) is 0 Å². The average molecular weight is 292 g/mol. The molecule has 2 heterocycles. The lowest BCUT2D eigenvalue weighted by Gasteiger charge is -2.14. The van der Waals surface area contributed by atoms with Crippen molar-refractivity contribution < 1.29 is 5.11 Å². The van der Waals surface area contributed by atoms with Gasteiger partial charge in [-0.1, -0.05) is 11.8 Å². The van der Waals surface area contributed by atoms with Crippen molar-refractivity contribution in [3.05, 3.63) is 38.0 Å². The summed E-state index contributed by atoms with van der Waals surface area (Å²) in [6.45, 7) is 3.79. The van der Waals surface area contributed by atoms with Gasteiger partial charge in [-0.3, -0.25) is 4.90 Å². The normalized spacial score (nSPS) is 10.5. The van der Waals surface area contributed by atoms with Gasteiger partial charge in [-0.15, -0.1) is 22.7 Å². The van der Waals surface area contributed by atoms with Crippen molar-refractivity contribution in [2.45, 2.75) is 20.0 Å². The quantitative estimate of drug-likeness (QED) is 0.880. The van der Waals surface area contributed by atoms with Gasteiger partial charge in [0, 0.05) is 22.8 Å². The van der Waals surface area contributed by atoms with Gasteiger partial charge in [-0.2, -0.15) is 0 Å². The van der Waals surface area contributed by atoms with Crippen molar-refractivity contribution in [3.8, 4) is 11.8 Å². The molecule has 0 aliphatic heterocycles. The first kappa shape index (κ1) is 14.2. The highest BCUT2D eigenvalue weighted by atomic mass is 32.1. The number of nitrogens with zero attached hydrogens (tertiary/aromatic N) is 2. The molecule has 0 amide bonds. The Labute approximate surface area is 121 Å². The van der Waals surface area contributed by atoms with E-state index < -0.39 is 0 Å². The minimum absolute atomic E-state index is 0.0855. The number of thiophene rings is 1. The standard InChI is InChI=1S/C14H16N2OS2/c1-11-14(18-10-15-11)9-16(2)8-13-6-5-12(19-13)4-3-7-17/h5-6,10,17H,7-9H2,1-2H3. The lowest BCUT2D eigenvalue weighted by atomic mass is 10.3. The zero-order chi connectivity index (χ0) is 13.7. The van der Waals surface area contributed by atoms with Crippen LogP contribution in [0.1, 0.15) is 20.3 Å². The van der Waals surface area contributed by atoms with E-state index in [0.29, 0.717) is 0 Å². The van der Waals surface area contributed by atoms with E-state index in [-0.39, 0.29) is 6.61 Å². The summed E-state index contributed by atoms with van der Waals surface area (Å²) in [4.78, 5) is 10.1. The Hall–Kier alpha value is -1.19. The summed E-state index contributed by atoms with van der Waals surface area (Å²) in [5.41, 5.74) is 3.02. The topological polar surface area (TPSA) is 36.4 Å². The number of aliphatic hydroxyl groups excluding tert-OH is 1. The molecule has 1 N–H and O–H groups in total. The number of aromatic nitrogens is 1. The van der Waals surface area contributed by atoms with Crippen LogP contribution in [-0.4, -0.2) is 28.6 Å². The Morgan fingerprint density at radius 3 is 2.89 bits per heavy atom. The van der Waals surface area contributed by atoms with Gasteiger partial charge in [0.05, 0.1) is 16.1 Å². The summed E-state index contributed by atoms with van der Waals surface area (Å²) < 4.78 is 0. The second-order valence-electron chi connectivity index (χ2n) is 4.26. The van der Waals surface area contributed by atoms with E-state index in [1.165, 1.54) is 9.75 Å². The molecule has 2 rings (SSSR count). The summed E-state index contributed by atoms with van der Waals surface area (Å²) in [6.07, 6.45) is 0. The van der Waals surface area contributed by atoms with E-state index in [4.69, 9.17) is 5.11 Å². The zero-order valence-electron chi connectivity index (χ0n) is 11.0. The zero-order valence-corrected chi connectivity index (χ0v) is 12.6. The average Bonchev–Trinajstić information content (AvgIpc) is 2.97. The van der Waals surface area contributed by atoms with Crippen LogP contribution in [0.15, 0.2) is 17.6 Å². The summed E-state index contributed by atoms with van der Waals surface area (Å²) >= 11 is 3.38. The maximum absolute atomic E-state index is 8.67. The summed E-state index contributed by atoms with van der Waals surface area (Å²) in [5.74, 6) is 5.61. The van der Waals surface area contributed by atoms with E-state index in [9.17, 15) is 0 Å². The third kappa shape index (κ3) is 4.15. The van der Waals surface area contributed by atoms with Crippen LogP contribution in [0.2, 0.25) is 0 Å². The molecule has 0 aromatic carbocycles. The first-order valence-electron chi connectivity index (χ1n) is 5.95. The Morgan fingerprint density at radius 1 is 1.37 bits per heavy atom. The fourth-order valence-corrected chi connectivity index (χ4v) is 3.52. The third-order valence-electron chi connectivity index (χ3n) is 2.64. The molecule has 0 bridgehead atoms. The SMILES string of the molecule is Cc1ncsc1CN(C)Cc1ccc(C#CCO)s1. The Balaban J connectivity index is 1.93. The molecule has 3 nitrogen and oxygen atoms in total. The van der Waals surface area contributed by atoms with Gasteiger partial charge in [-0.25, -0.2) is 4.98 Å². The maximum Gasteiger partial charge on any atom is 0.104 e. The minimum Gasteiger partial charge on any atom is -0.384 e. The maximum atomic E-state index is 8.67. The molecule has 0 atom stereocenters. The van der Waals surface area contributed by atoms with Crippen molar-refractivity contribution in [3.63, 3.8) is 0 Å². The predicted octanol–water partition coefficient (Wildman–Crippen LogP) is 2.49. The van der Waals surface area contributed by atoms with Crippen LogP contribution in [-0.2, 0) is 13.1 Å². The number of aliphatic hydroxyl groups is 1. The number of hydrogen-bond donors (Lipinski definition) is 1. The number of hydrogen-bond acceptors (Lipinski definition) is 5. The predicted molar refractivity (Wildman–Crippen MR) is 80.3 cm³/mol. The Kier molecular flexibility index (Phi) is 5.11. The molecule has 0 fully saturated rings. The Morgan fingerprint density at radius 2 is 2.21 bits per heavy atom. The molecule has 100 valence electrons. The van der Waals surface area contributed by atoms with Gasteiger partial charge in [-0.05, 0) is 26.1 Å². The van der Waals surface area contributed by atoms with Crippen LogP contribution in [0.25, 0.3) is 0 Å². The molecule has 0 saturated heterocycles. The summed E-state index contributed by atoms with van der Waals surface area (Å²) in [6, 6.07) is 4.11. The van der Waals surface area contributed by atoms with Crippen LogP contribution in [0.3, 0.4) is 0 Å². The first-order chi connectivity index (χ1) is 9.19. The lowest BCUT2D eigenvalue weighted by Crippen LogP contribution is -2.16. The summed E-state index contributed by atoms with van der Waals surface area (Å²) in [5, 5.41) is 8.67. The van der Waals surface area contributed by atoms with Gasteiger partial charge < -0.3 is 5.11 Å². The smallest absolute Gasteiger partial charge is 0.104 e. The van der Waals surface area contributed by atoms with E-state index in [1.807, 2.05) is 18.5 Å². The lowest BCUT2D eigenvalue weighted by molar-refractivity contribution is 0.324. The van der Waals surface area contributed by atoms with E-state index >= 15 is 0 Å². The van der Waals surface area contributed by atoms with Crippen LogP contribution < -0.4 is 0 Å². The van der Waals surface area contributed by atoms with E-state index in [0.717, 1.165) is 23.7 Å². The molecule has 0 aliphatic rings. The second kappa shape index (κ2) is 6.83. The fourth-order valence-electron chi connectivity index (χ4n) is 1.70. The summed E-state index contributed by atoms with van der Waals surface area (Å²) in [7, 11) is 2.11. The molecule has 2 aromatic rings.